The Bertz CT molecular complexity index is 544. The van der Waals surface area contributed by atoms with Crippen molar-refractivity contribution >= 4 is 11.5 Å². The number of nitrogens with one attached hydrogen (secondary N) is 1. The summed E-state index contributed by atoms with van der Waals surface area (Å²) < 4.78 is 4.37. The molecule has 0 saturated heterocycles. The first-order valence-corrected chi connectivity index (χ1v) is 3.76. The second-order valence-corrected chi connectivity index (χ2v) is 2.57. The van der Waals surface area contributed by atoms with Gasteiger partial charge in [0, 0.05) is 5.27 Å². The summed E-state index contributed by atoms with van der Waals surface area (Å²) in [5.41, 5.74) is -1.13. The standard InChI is InChI=1S/C5H2N6O5/c12-10(13)4-3(2-1-16-9-6-2)7-8-5(4)11(14)15/h1H,(H,7,8). The summed E-state index contributed by atoms with van der Waals surface area (Å²) in [5.74, 6) is -0.817. The van der Waals surface area contributed by atoms with Crippen LogP contribution in [-0.2, 0) is 0 Å². The molecule has 0 aliphatic carbocycles. The number of aromatic nitrogens is 4. The van der Waals surface area contributed by atoms with Crippen LogP contribution in [0.5, 0.6) is 0 Å². The first-order valence-electron chi connectivity index (χ1n) is 3.76. The van der Waals surface area contributed by atoms with E-state index in [1.165, 1.54) is 0 Å². The van der Waals surface area contributed by atoms with E-state index in [1.54, 1.807) is 0 Å². The van der Waals surface area contributed by atoms with Gasteiger partial charge in [-0.3, -0.25) is 10.1 Å². The van der Waals surface area contributed by atoms with Crippen molar-refractivity contribution in [2.45, 2.75) is 0 Å². The fourth-order valence-corrected chi connectivity index (χ4v) is 1.07. The summed E-state index contributed by atoms with van der Waals surface area (Å²) in [7, 11) is 0. The van der Waals surface area contributed by atoms with E-state index in [1.807, 2.05) is 5.10 Å². The summed E-state index contributed by atoms with van der Waals surface area (Å²) in [6.45, 7) is 0. The third-order valence-corrected chi connectivity index (χ3v) is 1.69. The molecule has 2 heterocycles. The second kappa shape index (κ2) is 3.38. The van der Waals surface area contributed by atoms with Gasteiger partial charge in [0.05, 0.1) is 4.92 Å². The molecule has 0 aliphatic rings. The zero-order valence-electron chi connectivity index (χ0n) is 7.35. The van der Waals surface area contributed by atoms with Crippen LogP contribution in [0.25, 0.3) is 11.4 Å². The largest absolute Gasteiger partial charge is 0.422 e. The molecule has 11 nitrogen and oxygen atoms in total. The topological polar surface area (TPSA) is 154 Å². The van der Waals surface area contributed by atoms with Crippen molar-refractivity contribution in [3.63, 3.8) is 0 Å². The minimum atomic E-state index is -0.942. The van der Waals surface area contributed by atoms with E-state index in [0.29, 0.717) is 0 Å². The molecule has 0 bridgehead atoms. The van der Waals surface area contributed by atoms with Gasteiger partial charge in [0.15, 0.2) is 12.0 Å². The number of nitro groups is 2. The van der Waals surface area contributed by atoms with Crippen molar-refractivity contribution in [2.75, 3.05) is 0 Å². The smallest absolute Gasteiger partial charge is 0.358 e. The lowest BCUT2D eigenvalue weighted by atomic mass is 10.3. The SMILES string of the molecule is O=[N+]([O-])c1[nH]nc(-c2conn2)c1[N+](=O)[O-]. The lowest BCUT2D eigenvalue weighted by molar-refractivity contribution is -0.424. The van der Waals surface area contributed by atoms with Crippen LogP contribution >= 0.6 is 0 Å². The first kappa shape index (κ1) is 9.70. The summed E-state index contributed by atoms with van der Waals surface area (Å²) in [6, 6.07) is 0. The van der Waals surface area contributed by atoms with Gasteiger partial charge in [0.2, 0.25) is 5.69 Å². The Morgan fingerprint density at radius 2 is 2.06 bits per heavy atom. The van der Waals surface area contributed by atoms with Crippen LogP contribution in [0.1, 0.15) is 0 Å². The zero-order chi connectivity index (χ0) is 11.7. The predicted molar refractivity (Wildman–Crippen MR) is 45.2 cm³/mol. The fraction of sp³-hybridized carbons (Fsp3) is 0. The van der Waals surface area contributed by atoms with E-state index in [9.17, 15) is 20.2 Å². The Balaban J connectivity index is 2.64. The summed E-state index contributed by atoms with van der Waals surface area (Å²) >= 11 is 0. The summed E-state index contributed by atoms with van der Waals surface area (Å²) in [4.78, 5) is 19.3. The molecule has 0 aromatic carbocycles. The molecule has 0 amide bonds. The molecular formula is C5H2N6O5. The molecule has 16 heavy (non-hydrogen) atoms. The van der Waals surface area contributed by atoms with Gasteiger partial charge in [-0.05, 0) is 4.92 Å². The molecule has 2 aromatic heterocycles. The van der Waals surface area contributed by atoms with Crippen molar-refractivity contribution in [2.24, 2.45) is 0 Å². The molecule has 0 unspecified atom stereocenters. The van der Waals surface area contributed by atoms with Gasteiger partial charge in [-0.25, -0.2) is 0 Å². The van der Waals surface area contributed by atoms with E-state index in [-0.39, 0.29) is 11.4 Å². The van der Waals surface area contributed by atoms with E-state index < -0.39 is 21.4 Å². The zero-order valence-corrected chi connectivity index (χ0v) is 7.35. The lowest BCUT2D eigenvalue weighted by Crippen LogP contribution is -1.95. The van der Waals surface area contributed by atoms with Gasteiger partial charge in [0.1, 0.15) is 0 Å². The van der Waals surface area contributed by atoms with Crippen LogP contribution in [0.2, 0.25) is 0 Å². The maximum absolute atomic E-state index is 10.7. The Hall–Kier alpha value is -2.85. The van der Waals surface area contributed by atoms with E-state index in [4.69, 9.17) is 0 Å². The molecule has 0 saturated carbocycles. The highest BCUT2D eigenvalue weighted by Crippen LogP contribution is 2.33. The van der Waals surface area contributed by atoms with Crippen molar-refractivity contribution in [1.29, 1.82) is 0 Å². The number of hydrogen-bond acceptors (Lipinski definition) is 8. The van der Waals surface area contributed by atoms with Crippen LogP contribution in [-0.4, -0.2) is 30.4 Å². The average Bonchev–Trinajstić information content (AvgIpc) is 2.85. The van der Waals surface area contributed by atoms with Gasteiger partial charge < -0.3 is 14.6 Å². The van der Waals surface area contributed by atoms with Crippen molar-refractivity contribution in [3.8, 4) is 11.4 Å². The average molecular weight is 226 g/mol. The van der Waals surface area contributed by atoms with Crippen LogP contribution in [0.15, 0.2) is 10.8 Å². The number of rotatable bonds is 3. The normalized spacial score (nSPS) is 10.2. The predicted octanol–water partition coefficient (Wildman–Crippen LogP) is 0.276. The maximum Gasteiger partial charge on any atom is 0.422 e. The van der Waals surface area contributed by atoms with Gasteiger partial charge >= 0.3 is 11.5 Å². The minimum absolute atomic E-state index is 0.0592. The number of aromatic amines is 1. The van der Waals surface area contributed by atoms with Gasteiger partial charge in [0.25, 0.3) is 0 Å². The number of H-pyrrole nitrogens is 1. The van der Waals surface area contributed by atoms with Crippen molar-refractivity contribution in [3.05, 3.63) is 26.5 Å². The van der Waals surface area contributed by atoms with Crippen LogP contribution in [0.4, 0.5) is 11.5 Å². The molecular weight excluding hydrogens is 224 g/mol. The summed E-state index contributed by atoms with van der Waals surface area (Å²) in [6.07, 6.45) is 0.993. The molecule has 82 valence electrons. The Morgan fingerprint density at radius 3 is 2.56 bits per heavy atom. The Kier molecular flexibility index (Phi) is 2.05. The molecule has 0 radical (unpaired) electrons. The van der Waals surface area contributed by atoms with E-state index in [0.717, 1.165) is 6.26 Å². The highest BCUT2D eigenvalue weighted by Gasteiger charge is 2.35. The maximum atomic E-state index is 10.7. The van der Waals surface area contributed by atoms with Gasteiger partial charge in [-0.15, -0.1) is 10.2 Å². The number of nitrogens with zero attached hydrogens (tertiary/aromatic N) is 5. The van der Waals surface area contributed by atoms with E-state index in [2.05, 4.69) is 20.0 Å². The van der Waals surface area contributed by atoms with Gasteiger partial charge in [-0.1, -0.05) is 5.10 Å². The second-order valence-electron chi connectivity index (χ2n) is 2.57. The molecule has 1 N–H and O–H groups in total. The Labute approximate surface area is 85.3 Å². The number of hydrogen-bond donors (Lipinski definition) is 1. The monoisotopic (exact) mass is 226 g/mol. The van der Waals surface area contributed by atoms with Crippen molar-refractivity contribution in [1.82, 2.24) is 20.6 Å². The van der Waals surface area contributed by atoms with Crippen LogP contribution in [0.3, 0.4) is 0 Å². The van der Waals surface area contributed by atoms with E-state index >= 15 is 0 Å². The quantitative estimate of drug-likeness (QED) is 0.577. The molecule has 0 aliphatic heterocycles. The fourth-order valence-electron chi connectivity index (χ4n) is 1.07. The van der Waals surface area contributed by atoms with Crippen LogP contribution in [0, 0.1) is 20.2 Å². The molecule has 0 fully saturated rings. The highest BCUT2D eigenvalue weighted by molar-refractivity contribution is 5.71. The molecule has 0 atom stereocenters. The molecule has 2 rings (SSSR count). The highest BCUT2D eigenvalue weighted by atomic mass is 16.6. The Morgan fingerprint density at radius 1 is 1.31 bits per heavy atom. The lowest BCUT2D eigenvalue weighted by Gasteiger charge is -1.89. The molecule has 2 aromatic rings. The van der Waals surface area contributed by atoms with Crippen LogP contribution < -0.4 is 0 Å². The molecule has 11 heteroatoms. The minimum Gasteiger partial charge on any atom is -0.358 e. The third-order valence-electron chi connectivity index (χ3n) is 1.69. The first-order chi connectivity index (χ1) is 7.61. The molecule has 0 spiro atoms. The van der Waals surface area contributed by atoms with Gasteiger partial charge in [-0.2, -0.15) is 0 Å². The van der Waals surface area contributed by atoms with Crippen molar-refractivity contribution < 1.29 is 14.4 Å². The summed E-state index contributed by atoms with van der Waals surface area (Å²) in [5, 5.41) is 33.0. The third kappa shape index (κ3) is 1.35.